The van der Waals surface area contributed by atoms with Crippen molar-refractivity contribution < 1.29 is 14.4 Å². The number of nitrogens with one attached hydrogen (secondary N) is 1. The maximum atomic E-state index is 12.3. The van der Waals surface area contributed by atoms with Gasteiger partial charge in [-0.1, -0.05) is 56.3 Å². The minimum atomic E-state index is -0.178. The molecule has 0 bridgehead atoms. The fourth-order valence-electron chi connectivity index (χ4n) is 2.89. The molecule has 2 rings (SSSR count). The third-order valence-electron chi connectivity index (χ3n) is 4.42. The Morgan fingerprint density at radius 2 is 1.96 bits per heavy atom. The van der Waals surface area contributed by atoms with Crippen LogP contribution in [0.5, 0.6) is 0 Å². The highest BCUT2D eigenvalue weighted by Gasteiger charge is 2.21. The number of amides is 2. The summed E-state index contributed by atoms with van der Waals surface area (Å²) in [5.41, 5.74) is 2.47. The Labute approximate surface area is 153 Å². The molecule has 25 heavy (non-hydrogen) atoms. The first kappa shape index (κ1) is 19.5. The number of nitrogens with zero attached hydrogens (tertiary/aromatic N) is 1. The van der Waals surface area contributed by atoms with Crippen LogP contribution in [-0.4, -0.2) is 40.7 Å². The first-order chi connectivity index (χ1) is 12.0. The molecule has 6 heteroatoms. The van der Waals surface area contributed by atoms with Crippen molar-refractivity contribution in [2.45, 2.75) is 39.7 Å². The van der Waals surface area contributed by atoms with Crippen LogP contribution in [0.2, 0.25) is 0 Å². The van der Waals surface area contributed by atoms with E-state index in [1.54, 1.807) is 4.90 Å². The van der Waals surface area contributed by atoms with Gasteiger partial charge in [-0.05, 0) is 24.0 Å². The number of hydrogen-bond donors (Lipinski definition) is 1. The van der Waals surface area contributed by atoms with Crippen LogP contribution in [0.15, 0.2) is 24.3 Å². The van der Waals surface area contributed by atoms with E-state index in [-0.39, 0.29) is 35.1 Å². The first-order valence-corrected chi connectivity index (χ1v) is 9.77. The van der Waals surface area contributed by atoms with Crippen LogP contribution in [0.1, 0.15) is 37.8 Å². The minimum Gasteiger partial charge on any atom is -0.348 e. The van der Waals surface area contributed by atoms with Crippen LogP contribution >= 0.6 is 11.8 Å². The van der Waals surface area contributed by atoms with Crippen molar-refractivity contribution in [2.24, 2.45) is 5.92 Å². The van der Waals surface area contributed by atoms with Crippen molar-refractivity contribution in [2.75, 3.05) is 18.8 Å². The van der Waals surface area contributed by atoms with Crippen molar-refractivity contribution >= 4 is 28.7 Å². The third-order valence-corrected chi connectivity index (χ3v) is 5.27. The number of carbonyl (C=O) groups is 3. The lowest BCUT2D eigenvalue weighted by Gasteiger charge is -2.28. The Balaban J connectivity index is 1.71. The number of rotatable bonds is 7. The first-order valence-electron chi connectivity index (χ1n) is 8.79. The van der Waals surface area contributed by atoms with E-state index in [1.165, 1.54) is 11.1 Å². The van der Waals surface area contributed by atoms with Gasteiger partial charge in [0.25, 0.3) is 0 Å². The molecule has 0 radical (unpaired) electrons. The lowest BCUT2D eigenvalue weighted by Crippen LogP contribution is -2.37. The second-order valence-corrected chi connectivity index (χ2v) is 7.43. The van der Waals surface area contributed by atoms with Crippen LogP contribution in [0.4, 0.5) is 0 Å². The molecule has 5 nitrogen and oxygen atoms in total. The van der Waals surface area contributed by atoms with Crippen molar-refractivity contribution in [3.63, 3.8) is 0 Å². The van der Waals surface area contributed by atoms with Gasteiger partial charge >= 0.3 is 0 Å². The number of fused-ring (bicyclic) bond motifs is 1. The quantitative estimate of drug-likeness (QED) is 0.809. The zero-order valence-electron chi connectivity index (χ0n) is 14.9. The Morgan fingerprint density at radius 1 is 1.24 bits per heavy atom. The molecule has 1 atom stereocenters. The molecule has 0 aromatic heterocycles. The van der Waals surface area contributed by atoms with Gasteiger partial charge in [-0.2, -0.15) is 0 Å². The lowest BCUT2D eigenvalue weighted by atomic mass is 10.00. The van der Waals surface area contributed by atoms with E-state index < -0.39 is 0 Å². The Bertz CT molecular complexity index is 633. The van der Waals surface area contributed by atoms with Gasteiger partial charge in [0.15, 0.2) is 0 Å². The fraction of sp³-hybridized carbons (Fsp3) is 0.526. The average molecular weight is 362 g/mol. The van der Waals surface area contributed by atoms with Gasteiger partial charge in [0.1, 0.15) is 0 Å². The highest BCUT2D eigenvalue weighted by molar-refractivity contribution is 8.14. The monoisotopic (exact) mass is 362 g/mol. The van der Waals surface area contributed by atoms with Gasteiger partial charge in [0.2, 0.25) is 16.9 Å². The van der Waals surface area contributed by atoms with Gasteiger partial charge in [-0.15, -0.1) is 0 Å². The largest absolute Gasteiger partial charge is 0.348 e. The summed E-state index contributed by atoms with van der Waals surface area (Å²) in [7, 11) is 0. The van der Waals surface area contributed by atoms with Gasteiger partial charge in [-0.3, -0.25) is 14.4 Å². The van der Waals surface area contributed by atoms with Crippen LogP contribution in [-0.2, 0) is 27.3 Å². The molecule has 1 N–H and O–H groups in total. The van der Waals surface area contributed by atoms with Gasteiger partial charge in [0, 0.05) is 19.0 Å². The van der Waals surface area contributed by atoms with E-state index >= 15 is 0 Å². The Kier molecular flexibility index (Phi) is 7.50. The molecule has 136 valence electrons. The van der Waals surface area contributed by atoms with Crippen LogP contribution in [0.3, 0.4) is 0 Å². The zero-order chi connectivity index (χ0) is 18.2. The molecule has 1 aliphatic rings. The summed E-state index contributed by atoms with van der Waals surface area (Å²) in [6.07, 6.45) is 2.60. The van der Waals surface area contributed by atoms with E-state index in [1.807, 2.05) is 32.0 Å². The molecule has 1 aromatic rings. The maximum absolute atomic E-state index is 12.3. The molecule has 2 amide bonds. The Morgan fingerprint density at radius 3 is 2.68 bits per heavy atom. The normalized spacial score (nSPS) is 14.6. The number of hydrogen-bond acceptors (Lipinski definition) is 4. The minimum absolute atomic E-state index is 0.0202. The van der Waals surface area contributed by atoms with Crippen molar-refractivity contribution in [3.8, 4) is 0 Å². The molecule has 0 spiro atoms. The summed E-state index contributed by atoms with van der Waals surface area (Å²) < 4.78 is 0. The van der Waals surface area contributed by atoms with Crippen molar-refractivity contribution in [1.29, 1.82) is 0 Å². The molecular weight excluding hydrogens is 336 g/mol. The highest BCUT2D eigenvalue weighted by atomic mass is 32.2. The predicted molar refractivity (Wildman–Crippen MR) is 100 cm³/mol. The molecule has 0 saturated heterocycles. The SMILES string of the molecule is CCC[C@H](C)C(=O)NCC(=O)SCC(=O)N1CCc2ccccc2C1. The maximum Gasteiger partial charge on any atom is 0.233 e. The molecule has 1 aliphatic heterocycles. The molecule has 0 saturated carbocycles. The number of benzene rings is 1. The molecule has 1 aromatic carbocycles. The molecule has 0 fully saturated rings. The summed E-state index contributed by atoms with van der Waals surface area (Å²) in [5.74, 6) is -0.0902. The topological polar surface area (TPSA) is 66.5 Å². The standard InChI is InChI=1S/C19H26N2O3S/c1-3-6-14(2)19(24)20-11-18(23)25-13-17(22)21-10-9-15-7-4-5-8-16(15)12-21/h4-5,7-8,14H,3,6,9-13H2,1-2H3,(H,20,24)/t14-/m0/s1. The molecule has 0 unspecified atom stereocenters. The fourth-order valence-corrected chi connectivity index (χ4v) is 3.53. The second kappa shape index (κ2) is 9.61. The Hall–Kier alpha value is -1.82. The van der Waals surface area contributed by atoms with E-state index in [4.69, 9.17) is 0 Å². The summed E-state index contributed by atoms with van der Waals surface area (Å²) in [4.78, 5) is 37.8. The smallest absolute Gasteiger partial charge is 0.233 e. The molecular formula is C19H26N2O3S. The van der Waals surface area contributed by atoms with E-state index in [0.29, 0.717) is 13.1 Å². The van der Waals surface area contributed by atoms with Crippen LogP contribution in [0.25, 0.3) is 0 Å². The van der Waals surface area contributed by atoms with Crippen molar-refractivity contribution in [3.05, 3.63) is 35.4 Å². The summed E-state index contributed by atoms with van der Waals surface area (Å²) in [6, 6.07) is 8.13. The molecule has 1 heterocycles. The van der Waals surface area contributed by atoms with E-state index in [0.717, 1.165) is 31.0 Å². The summed E-state index contributed by atoms with van der Waals surface area (Å²) in [6.45, 7) is 5.15. The van der Waals surface area contributed by atoms with Crippen LogP contribution < -0.4 is 5.32 Å². The number of thioether (sulfide) groups is 1. The van der Waals surface area contributed by atoms with Gasteiger partial charge in [-0.25, -0.2) is 0 Å². The average Bonchev–Trinajstić information content (AvgIpc) is 2.63. The van der Waals surface area contributed by atoms with E-state index in [2.05, 4.69) is 11.4 Å². The molecule has 0 aliphatic carbocycles. The van der Waals surface area contributed by atoms with Gasteiger partial charge in [0.05, 0.1) is 12.3 Å². The number of carbonyl (C=O) groups excluding carboxylic acids is 3. The summed E-state index contributed by atoms with van der Waals surface area (Å²) in [5, 5.41) is 2.47. The second-order valence-electron chi connectivity index (χ2n) is 6.40. The highest BCUT2D eigenvalue weighted by Crippen LogP contribution is 2.19. The van der Waals surface area contributed by atoms with E-state index in [9.17, 15) is 14.4 Å². The van der Waals surface area contributed by atoms with Crippen LogP contribution in [0, 0.1) is 5.92 Å². The van der Waals surface area contributed by atoms with Crippen molar-refractivity contribution in [1.82, 2.24) is 10.2 Å². The summed E-state index contributed by atoms with van der Waals surface area (Å²) >= 11 is 0.982. The predicted octanol–water partition coefficient (Wildman–Crippen LogP) is 2.38. The van der Waals surface area contributed by atoms with Gasteiger partial charge < -0.3 is 10.2 Å². The zero-order valence-corrected chi connectivity index (χ0v) is 15.7. The lowest BCUT2D eigenvalue weighted by molar-refractivity contribution is -0.129. The third kappa shape index (κ3) is 5.88.